The number of nitrogens with zero attached hydrogens (tertiary/aromatic N) is 1. The molecule has 0 saturated carbocycles. The lowest BCUT2D eigenvalue weighted by Crippen LogP contribution is -2.06. The van der Waals surface area contributed by atoms with E-state index in [-0.39, 0.29) is 0 Å². The molecular weight excluding hydrogens is 208 g/mol. The van der Waals surface area contributed by atoms with Crippen molar-refractivity contribution in [1.29, 1.82) is 0 Å². The topological polar surface area (TPSA) is 66.6 Å². The van der Waals surface area contributed by atoms with Gasteiger partial charge in [0.2, 0.25) is 0 Å². The lowest BCUT2D eigenvalue weighted by atomic mass is 10.3. The first-order valence-corrected chi connectivity index (χ1v) is 5.17. The van der Waals surface area contributed by atoms with Gasteiger partial charge in [-0.05, 0) is 13.0 Å². The second-order valence-electron chi connectivity index (χ2n) is 3.19. The van der Waals surface area contributed by atoms with Gasteiger partial charge < -0.3 is 19.9 Å². The maximum absolute atomic E-state index is 5.42. The van der Waals surface area contributed by atoms with Crippen LogP contribution in [0.15, 0.2) is 12.3 Å². The molecule has 0 fully saturated rings. The monoisotopic (exact) mass is 226 g/mol. The van der Waals surface area contributed by atoms with Gasteiger partial charge in [0.1, 0.15) is 5.69 Å². The van der Waals surface area contributed by atoms with Gasteiger partial charge in [-0.1, -0.05) is 0 Å². The molecule has 0 aliphatic heterocycles. The van der Waals surface area contributed by atoms with Crippen LogP contribution in [-0.4, -0.2) is 32.4 Å². The third-order valence-electron chi connectivity index (χ3n) is 2.10. The quantitative estimate of drug-likeness (QED) is 0.701. The summed E-state index contributed by atoms with van der Waals surface area (Å²) in [5, 5.41) is 0. The number of pyridine rings is 1. The van der Waals surface area contributed by atoms with Crippen LogP contribution < -0.4 is 15.2 Å². The largest absolute Gasteiger partial charge is 0.493 e. The van der Waals surface area contributed by atoms with Crippen molar-refractivity contribution in [2.24, 2.45) is 5.73 Å². The van der Waals surface area contributed by atoms with Gasteiger partial charge in [-0.2, -0.15) is 0 Å². The zero-order valence-corrected chi connectivity index (χ0v) is 9.73. The lowest BCUT2D eigenvalue weighted by Gasteiger charge is -2.11. The molecule has 0 aliphatic rings. The fourth-order valence-electron chi connectivity index (χ4n) is 1.31. The predicted octanol–water partition coefficient (Wildman–Crippen LogP) is 0.964. The zero-order chi connectivity index (χ0) is 11.8. The van der Waals surface area contributed by atoms with Gasteiger partial charge in [0.25, 0.3) is 0 Å². The van der Waals surface area contributed by atoms with Crippen molar-refractivity contribution in [3.8, 4) is 11.5 Å². The molecule has 2 N–H and O–H groups in total. The van der Waals surface area contributed by atoms with E-state index in [9.17, 15) is 0 Å². The van der Waals surface area contributed by atoms with Crippen molar-refractivity contribution in [2.45, 2.75) is 13.0 Å². The van der Waals surface area contributed by atoms with Crippen LogP contribution >= 0.6 is 0 Å². The van der Waals surface area contributed by atoms with Crippen molar-refractivity contribution in [3.05, 3.63) is 18.0 Å². The summed E-state index contributed by atoms with van der Waals surface area (Å²) in [6.45, 7) is 1.65. The van der Waals surface area contributed by atoms with E-state index < -0.39 is 0 Å². The minimum atomic E-state index is 0.403. The molecule has 1 aromatic heterocycles. The first-order valence-electron chi connectivity index (χ1n) is 5.17. The summed E-state index contributed by atoms with van der Waals surface area (Å²) in [5.41, 5.74) is 6.10. The Hall–Kier alpha value is -1.33. The molecule has 0 aromatic carbocycles. The van der Waals surface area contributed by atoms with Gasteiger partial charge in [-0.15, -0.1) is 0 Å². The number of ether oxygens (including phenoxy) is 3. The summed E-state index contributed by atoms with van der Waals surface area (Å²) in [7, 11) is 3.18. The van der Waals surface area contributed by atoms with Gasteiger partial charge in [-0.3, -0.25) is 4.98 Å². The average Bonchev–Trinajstić information content (AvgIpc) is 2.34. The molecule has 0 amide bonds. The van der Waals surface area contributed by atoms with Crippen molar-refractivity contribution in [1.82, 2.24) is 4.98 Å². The van der Waals surface area contributed by atoms with Crippen molar-refractivity contribution in [2.75, 3.05) is 27.4 Å². The second-order valence-corrected chi connectivity index (χ2v) is 3.19. The first-order chi connectivity index (χ1) is 7.83. The van der Waals surface area contributed by atoms with Crippen LogP contribution in [0.3, 0.4) is 0 Å². The second kappa shape index (κ2) is 7.03. The average molecular weight is 226 g/mol. The molecule has 1 heterocycles. The Morgan fingerprint density at radius 3 is 2.75 bits per heavy atom. The first kappa shape index (κ1) is 12.7. The van der Waals surface area contributed by atoms with Crippen LogP contribution in [0.4, 0.5) is 0 Å². The molecule has 0 unspecified atom stereocenters. The van der Waals surface area contributed by atoms with Crippen molar-refractivity contribution >= 4 is 0 Å². The van der Waals surface area contributed by atoms with Crippen LogP contribution in [0.2, 0.25) is 0 Å². The van der Waals surface area contributed by atoms with E-state index in [1.54, 1.807) is 26.5 Å². The number of methoxy groups -OCH3 is 2. The molecule has 0 spiro atoms. The van der Waals surface area contributed by atoms with Crippen LogP contribution in [0.1, 0.15) is 12.1 Å². The number of aromatic nitrogens is 1. The van der Waals surface area contributed by atoms with Crippen LogP contribution in [0.5, 0.6) is 11.5 Å². The molecule has 0 radical (unpaired) electrons. The summed E-state index contributed by atoms with van der Waals surface area (Å²) < 4.78 is 15.8. The van der Waals surface area contributed by atoms with Crippen molar-refractivity contribution in [3.63, 3.8) is 0 Å². The van der Waals surface area contributed by atoms with E-state index in [4.69, 9.17) is 19.9 Å². The Kier molecular flexibility index (Phi) is 5.60. The Balaban J connectivity index is 2.63. The van der Waals surface area contributed by atoms with Gasteiger partial charge in [0.05, 0.1) is 20.8 Å². The molecule has 5 nitrogen and oxygen atoms in total. The Bertz CT molecular complexity index is 318. The van der Waals surface area contributed by atoms with Gasteiger partial charge >= 0.3 is 0 Å². The molecular formula is C11H18N2O3. The summed E-state index contributed by atoms with van der Waals surface area (Å²) in [6, 6.07) is 1.75. The Morgan fingerprint density at radius 1 is 1.31 bits per heavy atom. The molecule has 0 aliphatic carbocycles. The molecule has 0 bridgehead atoms. The van der Waals surface area contributed by atoms with E-state index in [1.165, 1.54) is 0 Å². The molecule has 0 atom stereocenters. The van der Waals surface area contributed by atoms with Gasteiger partial charge in [0.15, 0.2) is 11.5 Å². The predicted molar refractivity (Wildman–Crippen MR) is 60.7 cm³/mol. The standard InChI is InChI=1S/C11H18N2O3/c1-14-10-4-6-13-9(11(10)15-2)8-16-7-3-5-12/h4,6H,3,5,7-8,12H2,1-2H3. The highest BCUT2D eigenvalue weighted by Crippen LogP contribution is 2.29. The van der Waals surface area contributed by atoms with E-state index >= 15 is 0 Å². The van der Waals surface area contributed by atoms with E-state index in [2.05, 4.69) is 4.98 Å². The van der Waals surface area contributed by atoms with Crippen LogP contribution in [-0.2, 0) is 11.3 Å². The molecule has 1 aromatic rings. The Labute approximate surface area is 95.5 Å². The highest BCUT2D eigenvalue weighted by molar-refractivity contribution is 5.42. The third kappa shape index (κ3) is 3.36. The number of nitrogens with two attached hydrogens (primary N) is 1. The molecule has 0 saturated heterocycles. The van der Waals surface area contributed by atoms with E-state index in [0.29, 0.717) is 31.3 Å². The number of rotatable bonds is 7. The maximum atomic E-state index is 5.42. The lowest BCUT2D eigenvalue weighted by molar-refractivity contribution is 0.115. The minimum Gasteiger partial charge on any atom is -0.493 e. The molecule has 1 rings (SSSR count). The smallest absolute Gasteiger partial charge is 0.184 e. The van der Waals surface area contributed by atoms with Crippen LogP contribution in [0.25, 0.3) is 0 Å². The van der Waals surface area contributed by atoms with Gasteiger partial charge in [0, 0.05) is 18.9 Å². The van der Waals surface area contributed by atoms with Crippen molar-refractivity contribution < 1.29 is 14.2 Å². The molecule has 16 heavy (non-hydrogen) atoms. The summed E-state index contributed by atoms with van der Waals surface area (Å²) in [4.78, 5) is 4.19. The fraction of sp³-hybridized carbons (Fsp3) is 0.545. The Morgan fingerprint density at radius 2 is 2.12 bits per heavy atom. The summed E-state index contributed by atoms with van der Waals surface area (Å²) in [6.07, 6.45) is 2.51. The highest BCUT2D eigenvalue weighted by Gasteiger charge is 2.10. The number of hydrogen-bond acceptors (Lipinski definition) is 5. The maximum Gasteiger partial charge on any atom is 0.184 e. The third-order valence-corrected chi connectivity index (χ3v) is 2.10. The SMILES string of the molecule is COc1ccnc(COCCCN)c1OC. The molecule has 90 valence electrons. The fourth-order valence-corrected chi connectivity index (χ4v) is 1.31. The zero-order valence-electron chi connectivity index (χ0n) is 9.73. The summed E-state index contributed by atoms with van der Waals surface area (Å²) in [5.74, 6) is 1.28. The number of hydrogen-bond donors (Lipinski definition) is 1. The normalized spacial score (nSPS) is 10.2. The highest BCUT2D eigenvalue weighted by atomic mass is 16.5. The van der Waals surface area contributed by atoms with E-state index in [1.807, 2.05) is 0 Å². The summed E-state index contributed by atoms with van der Waals surface area (Å²) >= 11 is 0. The van der Waals surface area contributed by atoms with Gasteiger partial charge in [-0.25, -0.2) is 0 Å². The minimum absolute atomic E-state index is 0.403. The molecule has 5 heteroatoms. The van der Waals surface area contributed by atoms with Crippen LogP contribution in [0, 0.1) is 0 Å². The van der Waals surface area contributed by atoms with E-state index in [0.717, 1.165) is 12.1 Å².